The van der Waals surface area contributed by atoms with Crippen molar-refractivity contribution >= 4 is 40.2 Å². The minimum absolute atomic E-state index is 0.0632. The summed E-state index contributed by atoms with van der Waals surface area (Å²) in [5, 5.41) is 15.2. The summed E-state index contributed by atoms with van der Waals surface area (Å²) in [5.74, 6) is -4.65. The lowest BCUT2D eigenvalue weighted by Gasteiger charge is -2.21. The van der Waals surface area contributed by atoms with Crippen LogP contribution in [-0.4, -0.2) is 59.1 Å². The molecular formula is C27H29F3N6O4. The van der Waals surface area contributed by atoms with Gasteiger partial charge in [0.25, 0.3) is 5.78 Å². The number of halogens is 3. The minimum Gasteiger partial charge on any atom is -0.384 e. The van der Waals surface area contributed by atoms with Gasteiger partial charge in [-0.2, -0.15) is 13.2 Å². The number of carbonyl (C=O) groups excluding carboxylic acids is 4. The fraction of sp³-hybridized carbons (Fsp3) is 0.296. The molecule has 0 aliphatic heterocycles. The maximum absolute atomic E-state index is 13.3. The van der Waals surface area contributed by atoms with Gasteiger partial charge < -0.3 is 26.7 Å². The highest BCUT2D eigenvalue weighted by Gasteiger charge is 2.44. The number of nitrogens with two attached hydrogens (primary N) is 1. The average molecular weight is 559 g/mol. The third-order valence-electron chi connectivity index (χ3n) is 6.16. The van der Waals surface area contributed by atoms with E-state index >= 15 is 0 Å². The number of carbonyl (C=O) groups is 4. The molecule has 3 amide bonds. The number of rotatable bonds is 12. The Morgan fingerprint density at radius 2 is 1.55 bits per heavy atom. The van der Waals surface area contributed by atoms with Crippen LogP contribution in [0.5, 0.6) is 0 Å². The van der Waals surface area contributed by atoms with Crippen molar-refractivity contribution in [2.45, 2.75) is 44.4 Å². The lowest BCUT2D eigenvalue weighted by atomic mass is 9.99. The number of aromatic nitrogens is 1. The van der Waals surface area contributed by atoms with E-state index in [-0.39, 0.29) is 18.7 Å². The molecule has 2 atom stereocenters. The van der Waals surface area contributed by atoms with Crippen molar-refractivity contribution in [2.24, 2.45) is 5.73 Å². The maximum atomic E-state index is 13.3. The van der Waals surface area contributed by atoms with E-state index in [0.717, 1.165) is 0 Å². The molecule has 0 aliphatic rings. The predicted molar refractivity (Wildman–Crippen MR) is 141 cm³/mol. The second kappa shape index (κ2) is 12.9. The fourth-order valence-corrected chi connectivity index (χ4v) is 4.15. The van der Waals surface area contributed by atoms with E-state index in [1.807, 2.05) is 0 Å². The van der Waals surface area contributed by atoms with E-state index in [2.05, 4.69) is 20.9 Å². The molecule has 0 saturated heterocycles. The van der Waals surface area contributed by atoms with Crippen LogP contribution in [0.25, 0.3) is 10.9 Å². The maximum Gasteiger partial charge on any atom is 0.452 e. The lowest BCUT2D eigenvalue weighted by molar-refractivity contribution is -0.173. The van der Waals surface area contributed by atoms with Gasteiger partial charge in [-0.05, 0) is 17.2 Å². The van der Waals surface area contributed by atoms with E-state index in [1.165, 1.54) is 6.20 Å². The summed E-state index contributed by atoms with van der Waals surface area (Å²) in [7, 11) is 0. The molecule has 2 unspecified atom stereocenters. The molecule has 10 nitrogen and oxygen atoms in total. The van der Waals surface area contributed by atoms with Gasteiger partial charge in [-0.15, -0.1) is 0 Å². The first kappa shape index (κ1) is 29.9. The van der Waals surface area contributed by atoms with Gasteiger partial charge in [0.2, 0.25) is 17.7 Å². The van der Waals surface area contributed by atoms with Crippen LogP contribution in [0.2, 0.25) is 0 Å². The Hall–Kier alpha value is -4.68. The normalized spacial score (nSPS) is 12.8. The topological polar surface area (TPSA) is 170 Å². The van der Waals surface area contributed by atoms with Gasteiger partial charge in [0.1, 0.15) is 17.9 Å². The van der Waals surface area contributed by atoms with Crippen LogP contribution < -0.4 is 21.7 Å². The molecule has 0 bridgehead atoms. The number of hydrogen-bond donors (Lipinski definition) is 6. The van der Waals surface area contributed by atoms with Crippen LogP contribution in [0.4, 0.5) is 13.2 Å². The number of aromatic amines is 1. The first-order valence-electron chi connectivity index (χ1n) is 12.4. The van der Waals surface area contributed by atoms with E-state index < -0.39 is 54.7 Å². The van der Waals surface area contributed by atoms with Crippen LogP contribution in [-0.2, 0) is 32.0 Å². The largest absolute Gasteiger partial charge is 0.452 e. The molecule has 0 saturated carbocycles. The van der Waals surface area contributed by atoms with Crippen molar-refractivity contribution in [3.8, 4) is 0 Å². The van der Waals surface area contributed by atoms with Crippen LogP contribution >= 0.6 is 0 Å². The van der Waals surface area contributed by atoms with Crippen molar-refractivity contribution in [3.05, 3.63) is 71.4 Å². The third-order valence-corrected chi connectivity index (χ3v) is 6.16. The summed E-state index contributed by atoms with van der Waals surface area (Å²) >= 11 is 0. The standard InChI is InChI=1S/C27H29F3N6O4/c1-2-22(37)36-21(11-15-7-3-4-9-18(15)25(31)32)26(40)34-14-23(38)35-20(24(39)27(28,29)30)12-16-13-33-19-10-6-5-8-17(16)19/h3-10,13,20-21,33H,2,11-12,14H2,1H3,(H3,31,32)(H,34,40)(H,35,38)(H,36,37). The molecule has 0 fully saturated rings. The molecule has 1 aromatic heterocycles. The average Bonchev–Trinajstić information content (AvgIpc) is 3.32. The molecule has 2 aromatic carbocycles. The monoisotopic (exact) mass is 558 g/mol. The van der Waals surface area contributed by atoms with Crippen LogP contribution in [0.3, 0.4) is 0 Å². The lowest BCUT2D eigenvalue weighted by Crippen LogP contribution is -2.53. The summed E-state index contributed by atoms with van der Waals surface area (Å²) in [6.07, 6.45) is -4.17. The summed E-state index contributed by atoms with van der Waals surface area (Å²) < 4.78 is 40.0. The van der Waals surface area contributed by atoms with Crippen molar-refractivity contribution in [1.82, 2.24) is 20.9 Å². The molecule has 0 radical (unpaired) electrons. The Morgan fingerprint density at radius 3 is 2.23 bits per heavy atom. The predicted octanol–water partition coefficient (Wildman–Crippen LogP) is 1.86. The van der Waals surface area contributed by atoms with Gasteiger partial charge in [-0.25, -0.2) is 0 Å². The smallest absolute Gasteiger partial charge is 0.384 e. The Morgan fingerprint density at radius 1 is 0.925 bits per heavy atom. The zero-order chi connectivity index (χ0) is 29.4. The van der Waals surface area contributed by atoms with E-state index in [1.54, 1.807) is 55.5 Å². The number of amidine groups is 1. The Bertz CT molecular complexity index is 1420. The number of hydrogen-bond acceptors (Lipinski definition) is 5. The molecule has 13 heteroatoms. The Kier molecular flexibility index (Phi) is 9.64. The number of para-hydroxylation sites is 1. The van der Waals surface area contributed by atoms with E-state index in [9.17, 15) is 32.3 Å². The number of H-pyrrole nitrogens is 1. The SMILES string of the molecule is CCC(=O)NC(Cc1ccccc1C(=N)N)C(=O)NCC(=O)NC(Cc1c[nH]c2ccccc12)C(=O)C(F)(F)F. The van der Waals surface area contributed by atoms with Crippen molar-refractivity contribution in [2.75, 3.05) is 6.54 Å². The highest BCUT2D eigenvalue weighted by molar-refractivity contribution is 5.97. The number of Topliss-reactive ketones (excluding diaryl/α,β-unsaturated/α-hetero) is 1. The summed E-state index contributed by atoms with van der Waals surface area (Å²) in [6.45, 7) is 0.827. The molecule has 7 N–H and O–H groups in total. The molecule has 3 rings (SSSR count). The van der Waals surface area contributed by atoms with Gasteiger partial charge in [0.15, 0.2) is 0 Å². The highest BCUT2D eigenvalue weighted by atomic mass is 19.4. The first-order valence-corrected chi connectivity index (χ1v) is 12.4. The molecule has 212 valence electrons. The number of fused-ring (bicyclic) bond motifs is 1. The third kappa shape index (κ3) is 7.68. The van der Waals surface area contributed by atoms with Crippen molar-refractivity contribution in [1.29, 1.82) is 5.41 Å². The van der Waals surface area contributed by atoms with E-state index in [4.69, 9.17) is 11.1 Å². The molecule has 3 aromatic rings. The summed E-state index contributed by atoms with van der Waals surface area (Å²) in [4.78, 5) is 52.6. The van der Waals surface area contributed by atoms with Crippen LogP contribution in [0, 0.1) is 5.41 Å². The Balaban J connectivity index is 1.72. The second-order valence-corrected chi connectivity index (χ2v) is 9.01. The zero-order valence-electron chi connectivity index (χ0n) is 21.5. The molecular weight excluding hydrogens is 529 g/mol. The van der Waals surface area contributed by atoms with Gasteiger partial charge >= 0.3 is 6.18 Å². The first-order chi connectivity index (χ1) is 18.9. The summed E-state index contributed by atoms with van der Waals surface area (Å²) in [6, 6.07) is 10.2. The number of amides is 3. The number of nitrogen functional groups attached to an aromatic ring is 1. The summed E-state index contributed by atoms with van der Waals surface area (Å²) in [5.41, 5.74) is 7.50. The zero-order valence-corrected chi connectivity index (χ0v) is 21.5. The van der Waals surface area contributed by atoms with Gasteiger partial charge in [-0.1, -0.05) is 49.4 Å². The number of benzene rings is 2. The quantitative estimate of drug-likeness (QED) is 0.147. The molecule has 0 aliphatic carbocycles. The van der Waals surface area contributed by atoms with Crippen molar-refractivity contribution in [3.63, 3.8) is 0 Å². The van der Waals surface area contributed by atoms with Crippen molar-refractivity contribution < 1.29 is 32.3 Å². The van der Waals surface area contributed by atoms with Crippen LogP contribution in [0.1, 0.15) is 30.0 Å². The fourth-order valence-electron chi connectivity index (χ4n) is 4.15. The van der Waals surface area contributed by atoms with Gasteiger partial charge in [0, 0.05) is 41.9 Å². The second-order valence-electron chi connectivity index (χ2n) is 9.01. The number of ketones is 1. The number of alkyl halides is 3. The molecule has 40 heavy (non-hydrogen) atoms. The van der Waals surface area contributed by atoms with E-state index in [0.29, 0.717) is 27.6 Å². The van der Waals surface area contributed by atoms with Gasteiger partial charge in [-0.3, -0.25) is 24.6 Å². The molecule has 0 spiro atoms. The molecule has 1 heterocycles. The van der Waals surface area contributed by atoms with Gasteiger partial charge in [0.05, 0.1) is 6.54 Å². The number of nitrogens with one attached hydrogen (secondary N) is 5. The Labute approximate surface area is 227 Å². The minimum atomic E-state index is -5.20. The van der Waals surface area contributed by atoms with Crippen LogP contribution in [0.15, 0.2) is 54.7 Å². The highest BCUT2D eigenvalue weighted by Crippen LogP contribution is 2.23.